The van der Waals surface area contributed by atoms with Gasteiger partial charge in [0.15, 0.2) is 0 Å². The van der Waals surface area contributed by atoms with Gasteiger partial charge in [-0.25, -0.2) is 4.98 Å². The van der Waals surface area contributed by atoms with E-state index in [1.807, 2.05) is 18.5 Å². The second-order valence-corrected chi connectivity index (χ2v) is 11.8. The third-order valence-electron chi connectivity index (χ3n) is 9.11. The molecule has 0 N–H and O–H groups in total. The van der Waals surface area contributed by atoms with Gasteiger partial charge in [-0.3, -0.25) is 9.55 Å². The quantitative estimate of drug-likeness (QED) is 0.184. The van der Waals surface area contributed by atoms with Gasteiger partial charge in [0.2, 0.25) is 0 Å². The van der Waals surface area contributed by atoms with Crippen LogP contribution >= 0.6 is 0 Å². The van der Waals surface area contributed by atoms with Gasteiger partial charge in [-0.05, 0) is 91.3 Å². The first-order chi connectivity index (χ1) is 23.3. The molecule has 220 valence electrons. The van der Waals surface area contributed by atoms with E-state index in [1.54, 1.807) is 0 Å². The van der Waals surface area contributed by atoms with E-state index in [2.05, 4.69) is 167 Å². The van der Waals surface area contributed by atoms with E-state index in [0.717, 1.165) is 33.7 Å². The Morgan fingerprint density at radius 1 is 0.404 bits per heavy atom. The fraction of sp³-hybridized carbons (Fsp3) is 0. The Balaban J connectivity index is 1.32. The number of nitrogens with zero attached hydrogens (tertiary/aromatic N) is 3. The smallest absolute Gasteiger partial charge is 0.145 e. The lowest BCUT2D eigenvalue weighted by molar-refractivity contribution is 1.10. The molecule has 0 atom stereocenters. The highest BCUT2D eigenvalue weighted by atomic mass is 15.1. The van der Waals surface area contributed by atoms with Crippen LogP contribution in [0.2, 0.25) is 0 Å². The number of pyridine rings is 1. The van der Waals surface area contributed by atoms with Crippen LogP contribution in [0.3, 0.4) is 0 Å². The zero-order valence-electron chi connectivity index (χ0n) is 25.6. The van der Waals surface area contributed by atoms with Gasteiger partial charge in [-0.2, -0.15) is 0 Å². The van der Waals surface area contributed by atoms with Gasteiger partial charge >= 0.3 is 0 Å². The Morgan fingerprint density at radius 3 is 1.70 bits per heavy atom. The number of fused-ring (bicyclic) bond motifs is 3. The molecular weight excluding hydrogens is 571 g/mol. The van der Waals surface area contributed by atoms with Crippen molar-refractivity contribution < 1.29 is 0 Å². The SMILES string of the molecule is c1ccc(-c2nc3ccccc3n2-c2cccc(-c3c4ccccc4c(-c4ccccc4-c4ccncc4)c4ccccc34)c2)cc1. The first-order valence-electron chi connectivity index (χ1n) is 15.9. The summed E-state index contributed by atoms with van der Waals surface area (Å²) in [6, 6.07) is 58.3. The number of hydrogen-bond donors (Lipinski definition) is 0. The first-order valence-corrected chi connectivity index (χ1v) is 15.9. The van der Waals surface area contributed by atoms with E-state index in [-0.39, 0.29) is 0 Å². The average molecular weight is 600 g/mol. The molecule has 47 heavy (non-hydrogen) atoms. The summed E-state index contributed by atoms with van der Waals surface area (Å²) in [5.41, 5.74) is 11.4. The fourth-order valence-electron chi connectivity index (χ4n) is 7.08. The maximum Gasteiger partial charge on any atom is 0.145 e. The fourth-order valence-corrected chi connectivity index (χ4v) is 7.08. The van der Waals surface area contributed by atoms with Gasteiger partial charge in [-0.1, -0.05) is 127 Å². The largest absolute Gasteiger partial charge is 0.292 e. The van der Waals surface area contributed by atoms with E-state index in [0.29, 0.717) is 0 Å². The maximum absolute atomic E-state index is 5.10. The summed E-state index contributed by atoms with van der Waals surface area (Å²) < 4.78 is 2.29. The van der Waals surface area contributed by atoms with E-state index >= 15 is 0 Å². The van der Waals surface area contributed by atoms with Crippen molar-refractivity contribution in [2.75, 3.05) is 0 Å². The zero-order valence-corrected chi connectivity index (χ0v) is 25.6. The van der Waals surface area contributed by atoms with Crippen LogP contribution in [0, 0.1) is 0 Å². The number of hydrogen-bond acceptors (Lipinski definition) is 2. The van der Waals surface area contributed by atoms with Crippen LogP contribution in [0.25, 0.3) is 83.0 Å². The number of rotatable bonds is 5. The molecule has 3 nitrogen and oxygen atoms in total. The van der Waals surface area contributed by atoms with Crippen molar-refractivity contribution in [2.24, 2.45) is 0 Å². The molecule has 9 aromatic rings. The summed E-state index contributed by atoms with van der Waals surface area (Å²) in [7, 11) is 0. The van der Waals surface area contributed by atoms with Crippen LogP contribution in [0.5, 0.6) is 0 Å². The van der Waals surface area contributed by atoms with Crippen molar-refractivity contribution in [3.63, 3.8) is 0 Å². The molecule has 0 saturated carbocycles. The van der Waals surface area contributed by atoms with E-state index < -0.39 is 0 Å². The van der Waals surface area contributed by atoms with Crippen LogP contribution < -0.4 is 0 Å². The second-order valence-electron chi connectivity index (χ2n) is 11.8. The number of para-hydroxylation sites is 2. The third-order valence-corrected chi connectivity index (χ3v) is 9.11. The van der Waals surface area contributed by atoms with Crippen LogP contribution in [-0.2, 0) is 0 Å². The van der Waals surface area contributed by atoms with Crippen molar-refractivity contribution in [2.45, 2.75) is 0 Å². The minimum Gasteiger partial charge on any atom is -0.292 e. The standard InChI is InChI=1S/C44H29N3/c1-2-13-31(14-3-1)44-46-40-23-10-11-24-41(40)47(44)33-16-12-15-32(29-33)42-36-19-6-8-21-38(36)43(39-22-9-7-20-37(39)42)35-18-5-4-17-34(35)30-25-27-45-28-26-30/h1-29H. The molecule has 9 rings (SSSR count). The first kappa shape index (κ1) is 27.0. The number of aromatic nitrogens is 3. The molecule has 0 radical (unpaired) electrons. The van der Waals surface area contributed by atoms with Gasteiger partial charge in [-0.15, -0.1) is 0 Å². The molecular formula is C44H29N3. The van der Waals surface area contributed by atoms with Crippen molar-refractivity contribution >= 4 is 32.6 Å². The highest BCUT2D eigenvalue weighted by Gasteiger charge is 2.20. The van der Waals surface area contributed by atoms with E-state index in [9.17, 15) is 0 Å². The van der Waals surface area contributed by atoms with E-state index in [4.69, 9.17) is 4.98 Å². The van der Waals surface area contributed by atoms with Crippen molar-refractivity contribution in [1.29, 1.82) is 0 Å². The summed E-state index contributed by atoms with van der Waals surface area (Å²) >= 11 is 0. The maximum atomic E-state index is 5.10. The summed E-state index contributed by atoms with van der Waals surface area (Å²) in [6.07, 6.45) is 3.73. The molecule has 7 aromatic carbocycles. The molecule has 2 heterocycles. The predicted molar refractivity (Wildman–Crippen MR) is 196 cm³/mol. The Hall–Kier alpha value is -6.32. The molecule has 0 amide bonds. The molecule has 0 saturated heterocycles. The van der Waals surface area contributed by atoms with Crippen molar-refractivity contribution in [3.05, 3.63) is 176 Å². The summed E-state index contributed by atoms with van der Waals surface area (Å²) in [5, 5.41) is 4.90. The number of benzene rings is 7. The summed E-state index contributed by atoms with van der Waals surface area (Å²) in [6.45, 7) is 0. The lowest BCUT2D eigenvalue weighted by Gasteiger charge is -2.20. The van der Waals surface area contributed by atoms with Gasteiger partial charge < -0.3 is 0 Å². The summed E-state index contributed by atoms with van der Waals surface area (Å²) in [5.74, 6) is 0.932. The topological polar surface area (TPSA) is 30.7 Å². The predicted octanol–water partition coefficient (Wildman–Crippen LogP) is 11.4. The lowest BCUT2D eigenvalue weighted by Crippen LogP contribution is -1.98. The Kier molecular flexibility index (Phi) is 6.46. The highest BCUT2D eigenvalue weighted by Crippen LogP contribution is 2.46. The molecule has 3 heteroatoms. The van der Waals surface area contributed by atoms with Gasteiger partial charge in [0.1, 0.15) is 5.82 Å². The lowest BCUT2D eigenvalue weighted by atomic mass is 9.84. The summed E-state index contributed by atoms with van der Waals surface area (Å²) in [4.78, 5) is 9.38. The second kappa shape index (κ2) is 11.2. The third kappa shape index (κ3) is 4.52. The molecule has 0 spiro atoms. The zero-order chi connectivity index (χ0) is 31.2. The molecule has 0 aliphatic rings. The van der Waals surface area contributed by atoms with Crippen LogP contribution in [0.4, 0.5) is 0 Å². The van der Waals surface area contributed by atoms with Crippen molar-refractivity contribution in [3.8, 4) is 50.5 Å². The molecule has 0 fully saturated rings. The minimum absolute atomic E-state index is 0.932. The Morgan fingerprint density at radius 2 is 0.979 bits per heavy atom. The highest BCUT2D eigenvalue weighted by molar-refractivity contribution is 6.22. The Labute approximate surface area is 273 Å². The van der Waals surface area contributed by atoms with Crippen LogP contribution in [0.1, 0.15) is 0 Å². The minimum atomic E-state index is 0.932. The molecule has 0 unspecified atom stereocenters. The monoisotopic (exact) mass is 599 g/mol. The van der Waals surface area contributed by atoms with E-state index in [1.165, 1.54) is 49.4 Å². The average Bonchev–Trinajstić information content (AvgIpc) is 3.54. The molecule has 0 aliphatic heterocycles. The normalized spacial score (nSPS) is 11.4. The van der Waals surface area contributed by atoms with Gasteiger partial charge in [0.05, 0.1) is 11.0 Å². The molecule has 0 bridgehead atoms. The van der Waals surface area contributed by atoms with Crippen LogP contribution in [-0.4, -0.2) is 14.5 Å². The van der Waals surface area contributed by atoms with Crippen molar-refractivity contribution in [1.82, 2.24) is 14.5 Å². The molecule has 0 aliphatic carbocycles. The van der Waals surface area contributed by atoms with Gasteiger partial charge in [0.25, 0.3) is 0 Å². The van der Waals surface area contributed by atoms with Gasteiger partial charge in [0, 0.05) is 23.6 Å². The number of imidazole rings is 1. The molecule has 2 aromatic heterocycles. The Bertz CT molecular complexity index is 2510. The van der Waals surface area contributed by atoms with Crippen LogP contribution in [0.15, 0.2) is 176 Å².